The molecule has 0 bridgehead atoms. The van der Waals surface area contributed by atoms with Gasteiger partial charge in [-0.05, 0) is 19.8 Å². The van der Waals surface area contributed by atoms with Crippen LogP contribution in [0.2, 0.25) is 0 Å². The van der Waals surface area contributed by atoms with Crippen LogP contribution >= 0.6 is 0 Å². The monoisotopic (exact) mass is 199 g/mol. The van der Waals surface area contributed by atoms with E-state index in [-0.39, 0.29) is 0 Å². The van der Waals surface area contributed by atoms with Gasteiger partial charge >= 0.3 is 0 Å². The Morgan fingerprint density at radius 1 is 1.20 bits per heavy atom. The number of aryl methyl sites for hydroxylation is 1. The van der Waals surface area contributed by atoms with Crippen molar-refractivity contribution in [2.45, 2.75) is 25.8 Å². The molecule has 0 amide bonds. The molecule has 0 N–H and O–H groups in total. The van der Waals surface area contributed by atoms with Gasteiger partial charge in [-0.3, -0.25) is 0 Å². The van der Waals surface area contributed by atoms with Crippen molar-refractivity contribution in [2.75, 3.05) is 0 Å². The number of hydrogen-bond acceptors (Lipinski definition) is 2. The Bertz CT molecular complexity index is 466. The quantitative estimate of drug-likeness (QED) is 0.744. The second-order valence-corrected chi connectivity index (χ2v) is 4.16. The third-order valence-electron chi connectivity index (χ3n) is 2.82. The Balaban J connectivity index is 2.04. The molecule has 15 heavy (non-hydrogen) atoms. The van der Waals surface area contributed by atoms with Gasteiger partial charge in [0.2, 0.25) is 0 Å². The summed E-state index contributed by atoms with van der Waals surface area (Å²) >= 11 is 0. The summed E-state index contributed by atoms with van der Waals surface area (Å²) in [6, 6.07) is 9.08. The Labute approximate surface area is 88.8 Å². The van der Waals surface area contributed by atoms with Crippen LogP contribution < -0.4 is 0 Å². The third-order valence-corrected chi connectivity index (χ3v) is 2.82. The molecular weight excluding hydrogens is 186 g/mol. The Morgan fingerprint density at radius 2 is 1.93 bits per heavy atom. The van der Waals surface area contributed by atoms with E-state index < -0.39 is 0 Å². The highest BCUT2D eigenvalue weighted by atomic mass is 15.3. The summed E-state index contributed by atoms with van der Waals surface area (Å²) in [6.45, 7) is 2.09. The molecule has 0 atom stereocenters. The van der Waals surface area contributed by atoms with Gasteiger partial charge in [-0.2, -0.15) is 0 Å². The number of nitrogens with zero attached hydrogens (tertiary/aromatic N) is 3. The minimum atomic E-state index is 0.635. The fourth-order valence-corrected chi connectivity index (χ4v) is 1.77. The number of aromatic nitrogens is 3. The molecule has 1 aliphatic rings. The van der Waals surface area contributed by atoms with Crippen LogP contribution in [0.3, 0.4) is 0 Å². The normalized spacial score (nSPS) is 15.5. The number of benzene rings is 1. The zero-order valence-electron chi connectivity index (χ0n) is 8.72. The molecule has 1 aromatic heterocycles. The maximum atomic E-state index is 4.19. The second-order valence-electron chi connectivity index (χ2n) is 4.16. The molecule has 0 unspecified atom stereocenters. The van der Waals surface area contributed by atoms with Gasteiger partial charge in [-0.1, -0.05) is 29.8 Å². The van der Waals surface area contributed by atoms with Crippen molar-refractivity contribution in [1.29, 1.82) is 0 Å². The van der Waals surface area contributed by atoms with Crippen molar-refractivity contribution in [1.82, 2.24) is 14.8 Å². The fourth-order valence-electron chi connectivity index (χ4n) is 1.77. The van der Waals surface area contributed by atoms with Crippen LogP contribution in [0.1, 0.15) is 24.4 Å². The van der Waals surface area contributed by atoms with E-state index in [1.165, 1.54) is 18.4 Å². The highest BCUT2D eigenvalue weighted by Gasteiger charge is 2.26. The van der Waals surface area contributed by atoms with Crippen molar-refractivity contribution in [3.8, 4) is 11.4 Å². The van der Waals surface area contributed by atoms with Gasteiger partial charge in [-0.15, -0.1) is 10.2 Å². The standard InChI is InChI=1S/C12H13N3/c1-9-2-4-10(5-3-9)12-14-13-8-15(12)11-6-7-11/h2-5,8,11H,6-7H2,1H3. The molecule has 0 saturated heterocycles. The molecular formula is C12H13N3. The minimum absolute atomic E-state index is 0.635. The van der Waals surface area contributed by atoms with Crippen LogP contribution in [0.15, 0.2) is 30.6 Å². The van der Waals surface area contributed by atoms with Crippen LogP contribution in [0.5, 0.6) is 0 Å². The molecule has 0 spiro atoms. The summed E-state index contributed by atoms with van der Waals surface area (Å²) in [5.74, 6) is 0.998. The number of rotatable bonds is 2. The van der Waals surface area contributed by atoms with E-state index >= 15 is 0 Å². The van der Waals surface area contributed by atoms with Crippen LogP contribution in [0, 0.1) is 6.92 Å². The first kappa shape index (κ1) is 8.65. The van der Waals surface area contributed by atoms with E-state index in [1.54, 1.807) is 0 Å². The van der Waals surface area contributed by atoms with Gasteiger partial charge in [0.15, 0.2) is 5.82 Å². The molecule has 76 valence electrons. The highest BCUT2D eigenvalue weighted by molar-refractivity contribution is 5.55. The van der Waals surface area contributed by atoms with Crippen LogP contribution in [0.4, 0.5) is 0 Å². The lowest BCUT2D eigenvalue weighted by Crippen LogP contribution is -1.95. The summed E-state index contributed by atoms with van der Waals surface area (Å²) in [5.41, 5.74) is 2.43. The molecule has 0 aliphatic heterocycles. The summed E-state index contributed by atoms with van der Waals surface area (Å²) in [6.07, 6.45) is 4.36. The zero-order valence-corrected chi connectivity index (χ0v) is 8.72. The lowest BCUT2D eigenvalue weighted by atomic mass is 10.1. The lowest BCUT2D eigenvalue weighted by Gasteiger charge is -2.04. The van der Waals surface area contributed by atoms with Crippen molar-refractivity contribution >= 4 is 0 Å². The maximum absolute atomic E-state index is 4.19. The maximum Gasteiger partial charge on any atom is 0.163 e. The van der Waals surface area contributed by atoms with E-state index in [9.17, 15) is 0 Å². The smallest absolute Gasteiger partial charge is 0.163 e. The SMILES string of the molecule is Cc1ccc(-c2nncn2C2CC2)cc1. The first-order chi connectivity index (χ1) is 7.34. The number of hydrogen-bond donors (Lipinski definition) is 0. The first-order valence-electron chi connectivity index (χ1n) is 5.31. The minimum Gasteiger partial charge on any atom is -0.310 e. The van der Waals surface area contributed by atoms with E-state index in [0.29, 0.717) is 6.04 Å². The summed E-state index contributed by atoms with van der Waals surface area (Å²) in [7, 11) is 0. The van der Waals surface area contributed by atoms with Crippen LogP contribution in [0.25, 0.3) is 11.4 Å². The fraction of sp³-hybridized carbons (Fsp3) is 0.333. The Kier molecular flexibility index (Phi) is 1.84. The van der Waals surface area contributed by atoms with Gasteiger partial charge in [0, 0.05) is 11.6 Å². The summed E-state index contributed by atoms with van der Waals surface area (Å²) in [4.78, 5) is 0. The van der Waals surface area contributed by atoms with E-state index in [4.69, 9.17) is 0 Å². The molecule has 3 rings (SSSR count). The largest absolute Gasteiger partial charge is 0.310 e. The molecule has 0 radical (unpaired) electrons. The van der Waals surface area contributed by atoms with Gasteiger partial charge in [0.05, 0.1) is 0 Å². The summed E-state index contributed by atoms with van der Waals surface area (Å²) in [5, 5.41) is 8.19. The van der Waals surface area contributed by atoms with Crippen molar-refractivity contribution < 1.29 is 0 Å². The molecule has 1 aliphatic carbocycles. The molecule has 3 heteroatoms. The molecule has 1 heterocycles. The van der Waals surface area contributed by atoms with Gasteiger partial charge in [0.25, 0.3) is 0 Å². The molecule has 1 saturated carbocycles. The molecule has 2 aromatic rings. The van der Waals surface area contributed by atoms with Gasteiger partial charge < -0.3 is 4.57 Å². The van der Waals surface area contributed by atoms with Crippen molar-refractivity contribution in [3.63, 3.8) is 0 Å². The predicted octanol–water partition coefficient (Wildman–Crippen LogP) is 2.59. The summed E-state index contributed by atoms with van der Waals surface area (Å²) < 4.78 is 2.19. The average molecular weight is 199 g/mol. The average Bonchev–Trinajstić information content (AvgIpc) is 2.98. The van der Waals surface area contributed by atoms with E-state index in [1.807, 2.05) is 6.33 Å². The predicted molar refractivity (Wildman–Crippen MR) is 58.5 cm³/mol. The van der Waals surface area contributed by atoms with Crippen molar-refractivity contribution in [2.24, 2.45) is 0 Å². The van der Waals surface area contributed by atoms with Gasteiger partial charge in [0.1, 0.15) is 6.33 Å². The Hall–Kier alpha value is -1.64. The first-order valence-corrected chi connectivity index (χ1v) is 5.31. The second kappa shape index (κ2) is 3.19. The third kappa shape index (κ3) is 1.54. The van der Waals surface area contributed by atoms with Crippen LogP contribution in [-0.2, 0) is 0 Å². The Morgan fingerprint density at radius 3 is 2.60 bits per heavy atom. The van der Waals surface area contributed by atoms with E-state index in [0.717, 1.165) is 11.4 Å². The molecule has 3 nitrogen and oxygen atoms in total. The topological polar surface area (TPSA) is 30.7 Å². The van der Waals surface area contributed by atoms with Gasteiger partial charge in [-0.25, -0.2) is 0 Å². The highest BCUT2D eigenvalue weighted by Crippen LogP contribution is 2.37. The van der Waals surface area contributed by atoms with Crippen LogP contribution in [-0.4, -0.2) is 14.8 Å². The van der Waals surface area contributed by atoms with E-state index in [2.05, 4.69) is 46.0 Å². The molecule has 1 aromatic carbocycles. The van der Waals surface area contributed by atoms with Crippen molar-refractivity contribution in [3.05, 3.63) is 36.2 Å². The zero-order chi connectivity index (χ0) is 10.3. The molecule has 1 fully saturated rings. The lowest BCUT2D eigenvalue weighted by molar-refractivity contribution is 0.746.